The molecule has 1 aliphatic heterocycles. The molecule has 0 aliphatic carbocycles. The number of guanidine groups is 1. The maximum atomic E-state index is 10.0. The Morgan fingerprint density at radius 3 is 2.72 bits per heavy atom. The van der Waals surface area contributed by atoms with Crippen molar-refractivity contribution >= 4 is 29.9 Å². The largest absolute Gasteiger partial charge is 0.508 e. The quantitative estimate of drug-likeness (QED) is 0.387. The Morgan fingerprint density at radius 1 is 1.40 bits per heavy atom. The van der Waals surface area contributed by atoms with Gasteiger partial charge in [-0.1, -0.05) is 13.8 Å². The molecule has 0 radical (unpaired) electrons. The standard InChI is InChI=1S/C18H30N4O2.HI/c1-5-21(6-2)15-9-10-22(13-15)18(19-3)20-12-14-11-16(24-4)7-8-17(14)23;/h7-8,11,15,23H,5-6,9-10,12-13H2,1-4H3,(H,19,20);1H. The van der Waals surface area contributed by atoms with Gasteiger partial charge in [0, 0.05) is 38.3 Å². The zero-order chi connectivity index (χ0) is 17.5. The van der Waals surface area contributed by atoms with Crippen molar-refractivity contribution in [1.29, 1.82) is 0 Å². The fourth-order valence-corrected chi connectivity index (χ4v) is 3.31. The molecular formula is C18H31IN4O2. The van der Waals surface area contributed by atoms with Crippen molar-refractivity contribution in [3.05, 3.63) is 23.8 Å². The molecular weight excluding hydrogens is 431 g/mol. The minimum absolute atomic E-state index is 0. The summed E-state index contributed by atoms with van der Waals surface area (Å²) in [6.45, 7) is 9.10. The normalized spacial score (nSPS) is 17.6. The number of aliphatic imine (C=N–C) groups is 1. The fourth-order valence-electron chi connectivity index (χ4n) is 3.31. The van der Waals surface area contributed by atoms with Crippen molar-refractivity contribution in [2.45, 2.75) is 32.9 Å². The highest BCUT2D eigenvalue weighted by Gasteiger charge is 2.27. The molecule has 1 heterocycles. The summed E-state index contributed by atoms with van der Waals surface area (Å²) in [5.41, 5.74) is 0.801. The number of rotatable bonds is 6. The summed E-state index contributed by atoms with van der Waals surface area (Å²) in [4.78, 5) is 9.20. The maximum Gasteiger partial charge on any atom is 0.193 e. The van der Waals surface area contributed by atoms with Crippen LogP contribution in [0.1, 0.15) is 25.8 Å². The predicted molar refractivity (Wildman–Crippen MR) is 113 cm³/mol. The molecule has 142 valence electrons. The number of likely N-dealkylation sites (N-methyl/N-ethyl adjacent to an activating group) is 1. The summed E-state index contributed by atoms with van der Waals surface area (Å²) in [6.07, 6.45) is 1.16. The number of nitrogens with one attached hydrogen (secondary N) is 1. The van der Waals surface area contributed by atoms with E-state index in [2.05, 4.69) is 34.0 Å². The highest BCUT2D eigenvalue weighted by Crippen LogP contribution is 2.23. The first kappa shape index (κ1) is 21.8. The molecule has 0 saturated carbocycles. The molecule has 1 atom stereocenters. The molecule has 0 bridgehead atoms. The van der Waals surface area contributed by atoms with E-state index in [1.54, 1.807) is 26.3 Å². The number of methoxy groups -OCH3 is 1. The molecule has 1 aromatic rings. The second-order valence-corrected chi connectivity index (χ2v) is 6.01. The van der Waals surface area contributed by atoms with E-state index in [9.17, 15) is 5.11 Å². The third-order valence-corrected chi connectivity index (χ3v) is 4.73. The van der Waals surface area contributed by atoms with E-state index in [-0.39, 0.29) is 29.7 Å². The van der Waals surface area contributed by atoms with E-state index in [1.165, 1.54) is 0 Å². The van der Waals surface area contributed by atoms with Crippen LogP contribution in [-0.4, -0.2) is 67.2 Å². The fraction of sp³-hybridized carbons (Fsp3) is 0.611. The van der Waals surface area contributed by atoms with Crippen molar-refractivity contribution in [1.82, 2.24) is 15.1 Å². The third-order valence-electron chi connectivity index (χ3n) is 4.73. The molecule has 7 heteroatoms. The van der Waals surface area contributed by atoms with Crippen LogP contribution in [0.25, 0.3) is 0 Å². The smallest absolute Gasteiger partial charge is 0.193 e. The molecule has 2 N–H and O–H groups in total. The van der Waals surface area contributed by atoms with E-state index >= 15 is 0 Å². The molecule has 6 nitrogen and oxygen atoms in total. The lowest BCUT2D eigenvalue weighted by molar-refractivity contribution is 0.223. The van der Waals surface area contributed by atoms with Gasteiger partial charge in [-0.3, -0.25) is 9.89 Å². The summed E-state index contributed by atoms with van der Waals surface area (Å²) >= 11 is 0. The Balaban J connectivity index is 0.00000312. The van der Waals surface area contributed by atoms with E-state index in [0.29, 0.717) is 12.6 Å². The Kier molecular flexibility index (Phi) is 9.34. The van der Waals surface area contributed by atoms with Crippen LogP contribution in [0, 0.1) is 0 Å². The van der Waals surface area contributed by atoms with Crippen molar-refractivity contribution < 1.29 is 9.84 Å². The number of aromatic hydroxyl groups is 1. The molecule has 0 aromatic heterocycles. The lowest BCUT2D eigenvalue weighted by atomic mass is 10.2. The van der Waals surface area contributed by atoms with Crippen LogP contribution < -0.4 is 10.1 Å². The number of hydrogen-bond acceptors (Lipinski definition) is 4. The average Bonchev–Trinajstić information content (AvgIpc) is 3.08. The summed E-state index contributed by atoms with van der Waals surface area (Å²) < 4.78 is 5.22. The van der Waals surface area contributed by atoms with Gasteiger partial charge >= 0.3 is 0 Å². The number of benzene rings is 1. The third kappa shape index (κ3) is 5.64. The Bertz CT molecular complexity index is 564. The van der Waals surface area contributed by atoms with E-state index in [1.807, 2.05) is 6.07 Å². The maximum absolute atomic E-state index is 10.0. The SMILES string of the molecule is CCN(CC)C1CCN(C(=NC)NCc2cc(OC)ccc2O)C1.I. The number of hydrogen-bond donors (Lipinski definition) is 2. The van der Waals surface area contributed by atoms with Crippen LogP contribution in [0.3, 0.4) is 0 Å². The monoisotopic (exact) mass is 462 g/mol. The second kappa shape index (κ2) is 10.7. The number of halogens is 1. The Morgan fingerprint density at radius 2 is 2.12 bits per heavy atom. The molecule has 2 rings (SSSR count). The molecule has 1 saturated heterocycles. The number of nitrogens with zero attached hydrogens (tertiary/aromatic N) is 3. The summed E-state index contributed by atoms with van der Waals surface area (Å²) in [6, 6.07) is 5.84. The van der Waals surface area contributed by atoms with Crippen molar-refractivity contribution in [2.75, 3.05) is 40.3 Å². The predicted octanol–water partition coefficient (Wildman–Crippen LogP) is 2.51. The molecule has 1 aromatic carbocycles. The first-order valence-corrected chi connectivity index (χ1v) is 8.68. The van der Waals surface area contributed by atoms with Crippen molar-refractivity contribution in [3.8, 4) is 11.5 Å². The average molecular weight is 462 g/mol. The number of likely N-dealkylation sites (tertiary alicyclic amines) is 1. The summed E-state index contributed by atoms with van der Waals surface area (Å²) in [5, 5.41) is 13.4. The van der Waals surface area contributed by atoms with Gasteiger partial charge in [0.2, 0.25) is 0 Å². The van der Waals surface area contributed by atoms with Gasteiger partial charge in [0.25, 0.3) is 0 Å². The first-order chi connectivity index (χ1) is 11.6. The van der Waals surface area contributed by atoms with Gasteiger partial charge in [0.05, 0.1) is 7.11 Å². The Labute approximate surface area is 168 Å². The van der Waals surface area contributed by atoms with Crippen LogP contribution in [-0.2, 0) is 6.54 Å². The first-order valence-electron chi connectivity index (χ1n) is 8.68. The van der Waals surface area contributed by atoms with Crippen LogP contribution in [0.5, 0.6) is 11.5 Å². The molecule has 0 spiro atoms. The van der Waals surface area contributed by atoms with E-state index < -0.39 is 0 Å². The number of ether oxygens (including phenoxy) is 1. The van der Waals surface area contributed by atoms with Gasteiger partial charge in [-0.05, 0) is 37.7 Å². The molecule has 1 aliphatic rings. The second-order valence-electron chi connectivity index (χ2n) is 6.01. The lowest BCUT2D eigenvalue weighted by Gasteiger charge is -2.27. The van der Waals surface area contributed by atoms with Crippen LogP contribution >= 0.6 is 24.0 Å². The molecule has 1 unspecified atom stereocenters. The van der Waals surface area contributed by atoms with Crippen LogP contribution in [0.15, 0.2) is 23.2 Å². The molecule has 0 amide bonds. The topological polar surface area (TPSA) is 60.3 Å². The zero-order valence-corrected chi connectivity index (χ0v) is 18.0. The van der Waals surface area contributed by atoms with E-state index in [0.717, 1.165) is 49.9 Å². The van der Waals surface area contributed by atoms with Crippen molar-refractivity contribution in [3.63, 3.8) is 0 Å². The zero-order valence-electron chi connectivity index (χ0n) is 15.7. The van der Waals surface area contributed by atoms with Gasteiger partial charge in [0.15, 0.2) is 5.96 Å². The molecule has 1 fully saturated rings. The highest BCUT2D eigenvalue weighted by molar-refractivity contribution is 14.0. The van der Waals surface area contributed by atoms with Gasteiger partial charge in [-0.25, -0.2) is 0 Å². The highest BCUT2D eigenvalue weighted by atomic mass is 127. The van der Waals surface area contributed by atoms with Gasteiger partial charge < -0.3 is 20.1 Å². The van der Waals surface area contributed by atoms with Crippen molar-refractivity contribution in [2.24, 2.45) is 4.99 Å². The Hall–Kier alpha value is -1.22. The minimum Gasteiger partial charge on any atom is -0.508 e. The summed E-state index contributed by atoms with van der Waals surface area (Å²) in [7, 11) is 3.43. The van der Waals surface area contributed by atoms with Gasteiger partial charge in [-0.2, -0.15) is 0 Å². The van der Waals surface area contributed by atoms with Gasteiger partial charge in [-0.15, -0.1) is 24.0 Å². The van der Waals surface area contributed by atoms with Crippen LogP contribution in [0.2, 0.25) is 0 Å². The van der Waals surface area contributed by atoms with Crippen LogP contribution in [0.4, 0.5) is 0 Å². The van der Waals surface area contributed by atoms with Gasteiger partial charge in [0.1, 0.15) is 11.5 Å². The van der Waals surface area contributed by atoms with E-state index in [4.69, 9.17) is 4.74 Å². The lowest BCUT2D eigenvalue weighted by Crippen LogP contribution is -2.43. The number of phenolic OH excluding ortho intramolecular Hbond substituents is 1. The minimum atomic E-state index is 0. The number of phenols is 1. The molecule has 25 heavy (non-hydrogen) atoms. The summed E-state index contributed by atoms with van der Waals surface area (Å²) in [5.74, 6) is 1.88.